The molecule has 2 amide bonds. The third-order valence-corrected chi connectivity index (χ3v) is 2.57. The van der Waals surface area contributed by atoms with E-state index in [1.54, 1.807) is 18.3 Å². The quantitative estimate of drug-likeness (QED) is 0.510. The molecule has 0 aliphatic carbocycles. The third-order valence-electron chi connectivity index (χ3n) is 2.57. The number of aromatic nitrogens is 2. The van der Waals surface area contributed by atoms with Crippen molar-refractivity contribution in [2.24, 2.45) is 0 Å². The minimum Gasteiger partial charge on any atom is -0.359 e. The second-order valence-electron chi connectivity index (χ2n) is 3.85. The molecule has 0 atom stereocenters. The zero-order valence-electron chi connectivity index (χ0n) is 9.77. The largest absolute Gasteiger partial charge is 0.359 e. The molecule has 0 bridgehead atoms. The molecule has 1 heterocycles. The first-order valence-corrected chi connectivity index (χ1v) is 5.69. The highest BCUT2D eigenvalue weighted by atomic mass is 16.1. The second kappa shape index (κ2) is 5.81. The fourth-order valence-electron chi connectivity index (χ4n) is 1.63. The van der Waals surface area contributed by atoms with E-state index in [1.165, 1.54) is 0 Å². The van der Waals surface area contributed by atoms with Gasteiger partial charge >= 0.3 is 0 Å². The molecule has 0 aliphatic heterocycles. The van der Waals surface area contributed by atoms with Crippen LogP contribution in [0.5, 0.6) is 0 Å². The standard InChI is InChI=1S/C12H14N4O2/c17-8-13-4-1-5-14-12(18)9-2-3-10-7-15-16-11(10)6-9/h2-3,6-8H,1,4-5H2,(H,13,17)(H,14,18)(H,15,16). The number of hydrogen-bond donors (Lipinski definition) is 3. The number of hydrogen-bond acceptors (Lipinski definition) is 3. The molecule has 2 rings (SSSR count). The molecule has 0 radical (unpaired) electrons. The van der Waals surface area contributed by atoms with E-state index < -0.39 is 0 Å². The van der Waals surface area contributed by atoms with Gasteiger partial charge in [-0.1, -0.05) is 6.07 Å². The van der Waals surface area contributed by atoms with Gasteiger partial charge in [0.05, 0.1) is 11.7 Å². The Labute approximate surface area is 104 Å². The molecule has 3 N–H and O–H groups in total. The zero-order chi connectivity index (χ0) is 12.8. The van der Waals surface area contributed by atoms with Crippen molar-refractivity contribution in [2.75, 3.05) is 13.1 Å². The lowest BCUT2D eigenvalue weighted by atomic mass is 10.1. The lowest BCUT2D eigenvalue weighted by Crippen LogP contribution is -2.27. The Hall–Kier alpha value is -2.37. The molecular formula is C12H14N4O2. The van der Waals surface area contributed by atoms with Crippen LogP contribution in [0.15, 0.2) is 24.4 Å². The van der Waals surface area contributed by atoms with Gasteiger partial charge in [-0.15, -0.1) is 0 Å². The van der Waals surface area contributed by atoms with Gasteiger partial charge < -0.3 is 10.6 Å². The maximum Gasteiger partial charge on any atom is 0.251 e. The first kappa shape index (κ1) is 12.1. The van der Waals surface area contributed by atoms with Crippen molar-refractivity contribution in [3.63, 3.8) is 0 Å². The first-order chi connectivity index (χ1) is 8.81. The van der Waals surface area contributed by atoms with E-state index in [4.69, 9.17) is 0 Å². The van der Waals surface area contributed by atoms with Gasteiger partial charge in [0.2, 0.25) is 6.41 Å². The van der Waals surface area contributed by atoms with Crippen molar-refractivity contribution in [3.8, 4) is 0 Å². The van der Waals surface area contributed by atoms with Gasteiger partial charge in [-0.25, -0.2) is 0 Å². The normalized spacial score (nSPS) is 10.2. The van der Waals surface area contributed by atoms with E-state index in [2.05, 4.69) is 20.8 Å². The Morgan fingerprint density at radius 3 is 3.11 bits per heavy atom. The molecule has 0 fully saturated rings. The number of fused-ring (bicyclic) bond motifs is 1. The maximum absolute atomic E-state index is 11.8. The van der Waals surface area contributed by atoms with Crippen molar-refractivity contribution in [1.82, 2.24) is 20.8 Å². The fourth-order valence-corrected chi connectivity index (χ4v) is 1.63. The van der Waals surface area contributed by atoms with E-state index in [0.717, 1.165) is 10.9 Å². The van der Waals surface area contributed by atoms with Crippen LogP contribution in [0.3, 0.4) is 0 Å². The molecule has 0 spiro atoms. The monoisotopic (exact) mass is 246 g/mol. The summed E-state index contributed by atoms with van der Waals surface area (Å²) in [5, 5.41) is 13.0. The topological polar surface area (TPSA) is 86.9 Å². The molecule has 94 valence electrons. The summed E-state index contributed by atoms with van der Waals surface area (Å²) in [4.78, 5) is 21.8. The van der Waals surface area contributed by atoms with Crippen LogP contribution in [0.4, 0.5) is 0 Å². The van der Waals surface area contributed by atoms with Gasteiger partial charge in [-0.05, 0) is 18.6 Å². The lowest BCUT2D eigenvalue weighted by molar-refractivity contribution is -0.109. The average molecular weight is 246 g/mol. The van der Waals surface area contributed by atoms with Crippen LogP contribution >= 0.6 is 0 Å². The van der Waals surface area contributed by atoms with Crippen LogP contribution in [0.25, 0.3) is 10.9 Å². The molecule has 0 aliphatic rings. The van der Waals surface area contributed by atoms with E-state index in [-0.39, 0.29) is 5.91 Å². The van der Waals surface area contributed by atoms with E-state index in [0.29, 0.717) is 31.5 Å². The first-order valence-electron chi connectivity index (χ1n) is 5.69. The summed E-state index contributed by atoms with van der Waals surface area (Å²) in [6.45, 7) is 1.09. The Kier molecular flexibility index (Phi) is 3.90. The van der Waals surface area contributed by atoms with E-state index in [1.807, 2.05) is 6.07 Å². The number of benzene rings is 1. The van der Waals surface area contributed by atoms with E-state index >= 15 is 0 Å². The van der Waals surface area contributed by atoms with Gasteiger partial charge in [-0.2, -0.15) is 5.10 Å². The number of nitrogens with one attached hydrogen (secondary N) is 3. The number of H-pyrrole nitrogens is 1. The van der Waals surface area contributed by atoms with Gasteiger partial charge in [0.1, 0.15) is 0 Å². The molecule has 0 saturated heterocycles. The summed E-state index contributed by atoms with van der Waals surface area (Å²) >= 11 is 0. The van der Waals surface area contributed by atoms with Gasteiger partial charge in [0.15, 0.2) is 0 Å². The molecule has 18 heavy (non-hydrogen) atoms. The van der Waals surface area contributed by atoms with Gasteiger partial charge in [-0.3, -0.25) is 14.7 Å². The summed E-state index contributed by atoms with van der Waals surface area (Å²) in [5.41, 5.74) is 1.43. The predicted molar refractivity (Wildman–Crippen MR) is 67.1 cm³/mol. The molecule has 6 heteroatoms. The smallest absolute Gasteiger partial charge is 0.251 e. The summed E-state index contributed by atoms with van der Waals surface area (Å²) in [7, 11) is 0. The molecule has 1 aromatic heterocycles. The SMILES string of the molecule is O=CNCCCNC(=O)c1ccc2cn[nH]c2c1. The van der Waals surface area contributed by atoms with Crippen molar-refractivity contribution < 1.29 is 9.59 Å². The van der Waals surface area contributed by atoms with Crippen LogP contribution in [0.2, 0.25) is 0 Å². The summed E-state index contributed by atoms with van der Waals surface area (Å²) < 4.78 is 0. The highest BCUT2D eigenvalue weighted by molar-refractivity contribution is 5.97. The number of carbonyl (C=O) groups is 2. The molecule has 2 aromatic rings. The minimum absolute atomic E-state index is 0.127. The second-order valence-corrected chi connectivity index (χ2v) is 3.85. The van der Waals surface area contributed by atoms with Crippen molar-refractivity contribution >= 4 is 23.2 Å². The van der Waals surface area contributed by atoms with Crippen molar-refractivity contribution in [2.45, 2.75) is 6.42 Å². The number of aromatic amines is 1. The highest BCUT2D eigenvalue weighted by Gasteiger charge is 2.06. The molecule has 6 nitrogen and oxygen atoms in total. The van der Waals surface area contributed by atoms with Crippen LogP contribution in [0.1, 0.15) is 16.8 Å². The van der Waals surface area contributed by atoms with Crippen LogP contribution < -0.4 is 10.6 Å². The van der Waals surface area contributed by atoms with E-state index in [9.17, 15) is 9.59 Å². The number of rotatable bonds is 6. The molecule has 0 unspecified atom stereocenters. The highest BCUT2D eigenvalue weighted by Crippen LogP contribution is 2.12. The van der Waals surface area contributed by atoms with Crippen LogP contribution in [-0.4, -0.2) is 35.6 Å². The fraction of sp³-hybridized carbons (Fsp3) is 0.250. The summed E-state index contributed by atoms with van der Waals surface area (Å²) in [5.74, 6) is -0.127. The number of carbonyl (C=O) groups excluding carboxylic acids is 2. The van der Waals surface area contributed by atoms with Crippen LogP contribution in [-0.2, 0) is 4.79 Å². The molecule has 0 saturated carbocycles. The Bertz CT molecular complexity index is 550. The summed E-state index contributed by atoms with van der Waals surface area (Å²) in [6, 6.07) is 5.37. The molecular weight excluding hydrogens is 232 g/mol. The third kappa shape index (κ3) is 2.85. The Morgan fingerprint density at radius 2 is 2.28 bits per heavy atom. The van der Waals surface area contributed by atoms with Gasteiger partial charge in [0.25, 0.3) is 5.91 Å². The number of amides is 2. The maximum atomic E-state index is 11.8. The Balaban J connectivity index is 1.89. The average Bonchev–Trinajstić information content (AvgIpc) is 2.85. The molecule has 1 aromatic carbocycles. The van der Waals surface area contributed by atoms with Crippen molar-refractivity contribution in [1.29, 1.82) is 0 Å². The zero-order valence-corrected chi connectivity index (χ0v) is 9.77. The van der Waals surface area contributed by atoms with Crippen LogP contribution in [0, 0.1) is 0 Å². The predicted octanol–water partition coefficient (Wildman–Crippen LogP) is 0.429. The lowest BCUT2D eigenvalue weighted by Gasteiger charge is -2.04. The Morgan fingerprint density at radius 1 is 1.39 bits per heavy atom. The van der Waals surface area contributed by atoms with Crippen molar-refractivity contribution in [3.05, 3.63) is 30.0 Å². The minimum atomic E-state index is -0.127. The summed E-state index contributed by atoms with van der Waals surface area (Å²) in [6.07, 6.45) is 3.06. The van der Waals surface area contributed by atoms with Gasteiger partial charge in [0, 0.05) is 24.0 Å². The number of nitrogens with zero attached hydrogens (tertiary/aromatic N) is 1.